The Bertz CT molecular complexity index is 261. The molecule has 20 heavy (non-hydrogen) atoms. The largest absolute Gasteiger partial charge is 0.480 e. The lowest BCUT2D eigenvalue weighted by Gasteiger charge is -2.25. The molecular formula is C11H27BCl2N2O4. The van der Waals surface area contributed by atoms with Gasteiger partial charge in [0.2, 0.25) is 0 Å². The molecule has 0 heterocycles. The number of unbranched alkanes of at least 4 members (excludes halogenated alkanes) is 1. The van der Waals surface area contributed by atoms with Crippen LogP contribution >= 0.6 is 24.8 Å². The SMILES string of the molecule is CC(C)NCCC(N)(CCCCB(O)O)C(=O)O.Cl.Cl. The first-order chi connectivity index (χ1) is 8.28. The van der Waals surface area contributed by atoms with Gasteiger partial charge in [-0.1, -0.05) is 26.7 Å². The van der Waals surface area contributed by atoms with Gasteiger partial charge in [-0.05, 0) is 25.7 Å². The molecule has 0 aliphatic carbocycles. The molecule has 0 aliphatic rings. The highest BCUT2D eigenvalue weighted by molar-refractivity contribution is 6.40. The molecule has 0 aliphatic heterocycles. The molecule has 1 unspecified atom stereocenters. The van der Waals surface area contributed by atoms with E-state index < -0.39 is 18.6 Å². The van der Waals surface area contributed by atoms with Gasteiger partial charge in [-0.25, -0.2) is 0 Å². The van der Waals surface area contributed by atoms with E-state index in [1.54, 1.807) is 0 Å². The zero-order valence-corrected chi connectivity index (χ0v) is 13.7. The number of aliphatic carboxylic acids is 1. The highest BCUT2D eigenvalue weighted by atomic mass is 35.5. The molecule has 0 aromatic carbocycles. The summed E-state index contributed by atoms with van der Waals surface area (Å²) in [6.07, 6.45) is 2.08. The minimum Gasteiger partial charge on any atom is -0.480 e. The number of nitrogens with one attached hydrogen (secondary N) is 1. The Morgan fingerprint density at radius 1 is 1.25 bits per heavy atom. The van der Waals surface area contributed by atoms with Gasteiger partial charge >= 0.3 is 13.1 Å². The zero-order valence-electron chi connectivity index (χ0n) is 12.0. The van der Waals surface area contributed by atoms with Gasteiger partial charge in [0.1, 0.15) is 5.54 Å². The average Bonchev–Trinajstić information content (AvgIpc) is 2.23. The number of halogens is 2. The second kappa shape index (κ2) is 12.7. The average molecular weight is 333 g/mol. The Morgan fingerprint density at radius 3 is 2.20 bits per heavy atom. The number of hydrogen-bond donors (Lipinski definition) is 5. The fourth-order valence-electron chi connectivity index (χ4n) is 1.69. The molecule has 6 N–H and O–H groups in total. The van der Waals surface area contributed by atoms with Gasteiger partial charge in [-0.3, -0.25) is 4.79 Å². The molecule has 1 atom stereocenters. The summed E-state index contributed by atoms with van der Waals surface area (Å²) < 4.78 is 0. The molecule has 0 saturated heterocycles. The van der Waals surface area contributed by atoms with E-state index in [-0.39, 0.29) is 31.1 Å². The number of rotatable bonds is 10. The summed E-state index contributed by atoms with van der Waals surface area (Å²) in [4.78, 5) is 11.2. The molecule has 0 bridgehead atoms. The van der Waals surface area contributed by atoms with Crippen LogP contribution in [0.4, 0.5) is 0 Å². The van der Waals surface area contributed by atoms with E-state index in [1.165, 1.54) is 0 Å². The third-order valence-corrected chi connectivity index (χ3v) is 2.88. The maximum Gasteiger partial charge on any atom is 0.451 e. The van der Waals surface area contributed by atoms with Crippen LogP contribution in [-0.2, 0) is 4.79 Å². The minimum absolute atomic E-state index is 0. The molecule has 0 amide bonds. The molecular weight excluding hydrogens is 306 g/mol. The van der Waals surface area contributed by atoms with E-state index in [4.69, 9.17) is 20.9 Å². The Kier molecular flexibility index (Phi) is 15.8. The fourth-order valence-corrected chi connectivity index (χ4v) is 1.69. The van der Waals surface area contributed by atoms with Crippen molar-refractivity contribution in [3.8, 4) is 0 Å². The zero-order chi connectivity index (χ0) is 14.2. The van der Waals surface area contributed by atoms with Gasteiger partial charge in [0, 0.05) is 6.04 Å². The van der Waals surface area contributed by atoms with Crippen LogP contribution in [0.15, 0.2) is 0 Å². The molecule has 0 saturated carbocycles. The second-order valence-electron chi connectivity index (χ2n) is 5.05. The molecule has 9 heteroatoms. The lowest BCUT2D eigenvalue weighted by molar-refractivity contribution is -0.144. The van der Waals surface area contributed by atoms with E-state index in [9.17, 15) is 4.79 Å². The predicted molar refractivity (Wildman–Crippen MR) is 85.7 cm³/mol. The molecule has 0 rings (SSSR count). The summed E-state index contributed by atoms with van der Waals surface area (Å²) >= 11 is 0. The minimum atomic E-state index is -1.33. The summed E-state index contributed by atoms with van der Waals surface area (Å²) in [5.41, 5.74) is 4.65. The van der Waals surface area contributed by atoms with Crippen molar-refractivity contribution in [2.75, 3.05) is 6.54 Å². The summed E-state index contributed by atoms with van der Waals surface area (Å²) in [7, 11) is -1.33. The van der Waals surface area contributed by atoms with E-state index in [0.29, 0.717) is 38.3 Å². The Balaban J connectivity index is -0.00000144. The highest BCUT2D eigenvalue weighted by Crippen LogP contribution is 2.17. The molecule has 0 spiro atoms. The smallest absolute Gasteiger partial charge is 0.451 e. The summed E-state index contributed by atoms with van der Waals surface area (Å²) in [5, 5.41) is 29.7. The normalized spacial score (nSPS) is 13.1. The van der Waals surface area contributed by atoms with Crippen molar-refractivity contribution in [3.63, 3.8) is 0 Å². The predicted octanol–water partition coefficient (Wildman–Crippen LogP) is 0.643. The van der Waals surface area contributed by atoms with Gasteiger partial charge in [-0.2, -0.15) is 0 Å². The van der Waals surface area contributed by atoms with E-state index in [2.05, 4.69) is 5.32 Å². The van der Waals surface area contributed by atoms with Crippen molar-refractivity contribution in [2.24, 2.45) is 5.73 Å². The first-order valence-electron chi connectivity index (χ1n) is 6.40. The van der Waals surface area contributed by atoms with Crippen molar-refractivity contribution >= 4 is 37.9 Å². The molecule has 122 valence electrons. The quantitative estimate of drug-likeness (QED) is 0.296. The molecule has 0 aromatic heterocycles. The summed E-state index contributed by atoms with van der Waals surface area (Å²) in [5.74, 6) is -1.00. The molecule has 0 aromatic rings. The monoisotopic (exact) mass is 332 g/mol. The number of carbonyl (C=O) groups is 1. The van der Waals surface area contributed by atoms with Crippen molar-refractivity contribution in [2.45, 2.75) is 57.4 Å². The van der Waals surface area contributed by atoms with Gasteiger partial charge < -0.3 is 26.2 Å². The lowest BCUT2D eigenvalue weighted by atomic mass is 9.81. The van der Waals surface area contributed by atoms with E-state index in [1.807, 2.05) is 13.8 Å². The van der Waals surface area contributed by atoms with Crippen molar-refractivity contribution < 1.29 is 19.9 Å². The Morgan fingerprint density at radius 2 is 1.80 bits per heavy atom. The van der Waals surface area contributed by atoms with Crippen LogP contribution in [0.3, 0.4) is 0 Å². The van der Waals surface area contributed by atoms with Crippen LogP contribution in [0, 0.1) is 0 Å². The first kappa shape index (κ1) is 24.9. The Labute approximate surface area is 133 Å². The van der Waals surface area contributed by atoms with Crippen molar-refractivity contribution in [1.29, 1.82) is 0 Å². The van der Waals surface area contributed by atoms with Gasteiger partial charge in [0.05, 0.1) is 0 Å². The maximum absolute atomic E-state index is 11.2. The van der Waals surface area contributed by atoms with Crippen LogP contribution in [0.25, 0.3) is 0 Å². The third-order valence-electron chi connectivity index (χ3n) is 2.88. The number of carboxylic acids is 1. The van der Waals surface area contributed by atoms with E-state index >= 15 is 0 Å². The van der Waals surface area contributed by atoms with Crippen molar-refractivity contribution in [3.05, 3.63) is 0 Å². The van der Waals surface area contributed by atoms with Gasteiger partial charge in [-0.15, -0.1) is 24.8 Å². The number of nitrogens with two attached hydrogens (primary N) is 1. The van der Waals surface area contributed by atoms with Crippen LogP contribution in [0.1, 0.15) is 39.5 Å². The topological polar surface area (TPSA) is 116 Å². The second-order valence-corrected chi connectivity index (χ2v) is 5.05. The highest BCUT2D eigenvalue weighted by Gasteiger charge is 2.32. The van der Waals surface area contributed by atoms with Gasteiger partial charge in [0.25, 0.3) is 0 Å². The third kappa shape index (κ3) is 11.8. The first-order valence-corrected chi connectivity index (χ1v) is 6.40. The van der Waals surface area contributed by atoms with Crippen LogP contribution in [0.2, 0.25) is 6.32 Å². The summed E-state index contributed by atoms with van der Waals surface area (Å²) in [6.45, 7) is 4.53. The maximum atomic E-state index is 11.2. The number of hydrogen-bond acceptors (Lipinski definition) is 5. The lowest BCUT2D eigenvalue weighted by Crippen LogP contribution is -2.50. The van der Waals surface area contributed by atoms with Crippen molar-refractivity contribution in [1.82, 2.24) is 5.32 Å². The molecule has 6 nitrogen and oxygen atoms in total. The van der Waals surface area contributed by atoms with Gasteiger partial charge in [0.15, 0.2) is 0 Å². The van der Waals surface area contributed by atoms with E-state index in [0.717, 1.165) is 0 Å². The number of carboxylic acid groups (broad SMARTS) is 1. The standard InChI is InChI=1S/C11H25BN2O4.2ClH/c1-9(2)14-8-6-11(13,10(15)16)5-3-4-7-12(17)18;;/h9,14,17-18H,3-8,13H2,1-2H3,(H,15,16);2*1H. The fraction of sp³-hybridized carbons (Fsp3) is 0.909. The molecule has 0 fully saturated rings. The van der Waals surface area contributed by atoms with Crippen LogP contribution < -0.4 is 11.1 Å². The molecule has 0 radical (unpaired) electrons. The van der Waals surface area contributed by atoms with Crippen LogP contribution in [-0.4, -0.2) is 46.4 Å². The van der Waals surface area contributed by atoms with Crippen LogP contribution in [0.5, 0.6) is 0 Å². The Hall–Kier alpha value is -0.0451. The summed E-state index contributed by atoms with van der Waals surface area (Å²) in [6, 6.07) is 0.299.